The minimum atomic E-state index is -1.01. The first-order valence-electron chi connectivity index (χ1n) is 6.31. The Kier molecular flexibility index (Phi) is 4.29. The molecule has 0 unspecified atom stereocenters. The molecule has 0 saturated carbocycles. The number of nitrogens with one attached hydrogen (secondary N) is 1. The second-order valence-electron chi connectivity index (χ2n) is 4.48. The summed E-state index contributed by atoms with van der Waals surface area (Å²) in [5.74, 6) is -1.85. The minimum absolute atomic E-state index is 0.219. The van der Waals surface area contributed by atoms with Crippen molar-refractivity contribution in [3.05, 3.63) is 30.1 Å². The summed E-state index contributed by atoms with van der Waals surface area (Å²) < 4.78 is 0. The lowest BCUT2D eigenvalue weighted by molar-refractivity contribution is -0.147. The van der Waals surface area contributed by atoms with Gasteiger partial charge in [0.05, 0.1) is 6.54 Å². The van der Waals surface area contributed by atoms with Crippen molar-refractivity contribution in [3.63, 3.8) is 0 Å². The van der Waals surface area contributed by atoms with Gasteiger partial charge in [-0.1, -0.05) is 6.07 Å². The Balaban J connectivity index is 1.89. The molecule has 2 rings (SSSR count). The summed E-state index contributed by atoms with van der Waals surface area (Å²) in [5.41, 5.74) is 0.219. The van der Waals surface area contributed by atoms with Crippen molar-refractivity contribution in [2.45, 2.75) is 18.9 Å². The maximum Gasteiger partial charge on any atom is 0.326 e. The monoisotopic (exact) mass is 277 g/mol. The highest BCUT2D eigenvalue weighted by atomic mass is 16.4. The molecule has 20 heavy (non-hydrogen) atoms. The van der Waals surface area contributed by atoms with Crippen LogP contribution in [0.4, 0.5) is 0 Å². The molecule has 0 spiro atoms. The quantitative estimate of drug-likeness (QED) is 0.799. The maximum absolute atomic E-state index is 11.9. The average Bonchev–Trinajstić information content (AvgIpc) is 2.95. The van der Waals surface area contributed by atoms with Crippen LogP contribution in [-0.2, 0) is 9.59 Å². The number of aliphatic carboxylic acids is 1. The molecule has 2 N–H and O–H groups in total. The maximum atomic E-state index is 11.9. The van der Waals surface area contributed by atoms with E-state index in [1.807, 2.05) is 0 Å². The van der Waals surface area contributed by atoms with Gasteiger partial charge in [0.2, 0.25) is 5.91 Å². The van der Waals surface area contributed by atoms with Crippen molar-refractivity contribution in [3.8, 4) is 0 Å². The van der Waals surface area contributed by atoms with Crippen LogP contribution >= 0.6 is 0 Å². The van der Waals surface area contributed by atoms with E-state index in [-0.39, 0.29) is 18.1 Å². The SMILES string of the molecule is O=C(NCC(=O)N1CCC[C@@H]1C(=O)O)c1ccccn1. The van der Waals surface area contributed by atoms with E-state index in [4.69, 9.17) is 5.11 Å². The summed E-state index contributed by atoms with van der Waals surface area (Å²) in [6.07, 6.45) is 2.60. The predicted molar refractivity (Wildman–Crippen MR) is 68.9 cm³/mol. The molecule has 2 heterocycles. The molecule has 1 aliphatic rings. The lowest BCUT2D eigenvalue weighted by Gasteiger charge is -2.21. The van der Waals surface area contributed by atoms with E-state index in [0.29, 0.717) is 19.4 Å². The predicted octanol–water partition coefficient (Wildman–Crippen LogP) is -0.113. The Morgan fingerprint density at radius 3 is 2.85 bits per heavy atom. The molecule has 0 aromatic carbocycles. The van der Waals surface area contributed by atoms with Gasteiger partial charge in [-0.3, -0.25) is 14.6 Å². The van der Waals surface area contributed by atoms with Crippen LogP contribution in [0.3, 0.4) is 0 Å². The van der Waals surface area contributed by atoms with Gasteiger partial charge < -0.3 is 15.3 Å². The van der Waals surface area contributed by atoms with Gasteiger partial charge in [-0.15, -0.1) is 0 Å². The van der Waals surface area contributed by atoms with E-state index in [2.05, 4.69) is 10.3 Å². The van der Waals surface area contributed by atoms with E-state index in [1.54, 1.807) is 12.1 Å². The second kappa shape index (κ2) is 6.14. The van der Waals surface area contributed by atoms with Crippen molar-refractivity contribution < 1.29 is 19.5 Å². The molecule has 7 nitrogen and oxygen atoms in total. The summed E-state index contributed by atoms with van der Waals surface area (Å²) in [6.45, 7) is 0.189. The Bertz CT molecular complexity index is 518. The fourth-order valence-electron chi connectivity index (χ4n) is 2.17. The number of carbonyl (C=O) groups excluding carboxylic acids is 2. The summed E-state index contributed by atoms with van der Waals surface area (Å²) in [4.78, 5) is 39.8. The summed E-state index contributed by atoms with van der Waals surface area (Å²) >= 11 is 0. The van der Waals surface area contributed by atoms with Gasteiger partial charge in [-0.05, 0) is 25.0 Å². The number of likely N-dealkylation sites (tertiary alicyclic amines) is 1. The molecular formula is C13H15N3O4. The number of hydrogen-bond donors (Lipinski definition) is 2. The van der Waals surface area contributed by atoms with Crippen LogP contribution in [0.1, 0.15) is 23.3 Å². The molecule has 1 atom stereocenters. The number of rotatable bonds is 4. The lowest BCUT2D eigenvalue weighted by Crippen LogP contribution is -2.45. The van der Waals surface area contributed by atoms with E-state index < -0.39 is 17.9 Å². The highest BCUT2D eigenvalue weighted by Gasteiger charge is 2.33. The van der Waals surface area contributed by atoms with Crippen LogP contribution in [0.5, 0.6) is 0 Å². The zero-order valence-electron chi connectivity index (χ0n) is 10.8. The van der Waals surface area contributed by atoms with Crippen LogP contribution < -0.4 is 5.32 Å². The summed E-state index contributed by atoms with van der Waals surface area (Å²) in [7, 11) is 0. The molecule has 1 aliphatic heterocycles. The third-order valence-electron chi connectivity index (χ3n) is 3.16. The number of carboxylic acids is 1. The van der Waals surface area contributed by atoms with Crippen molar-refractivity contribution in [2.75, 3.05) is 13.1 Å². The molecule has 0 radical (unpaired) electrons. The molecule has 7 heteroatoms. The number of hydrogen-bond acceptors (Lipinski definition) is 4. The first-order valence-corrected chi connectivity index (χ1v) is 6.31. The smallest absolute Gasteiger partial charge is 0.326 e. The molecule has 0 bridgehead atoms. The molecule has 1 saturated heterocycles. The number of carbonyl (C=O) groups is 3. The summed E-state index contributed by atoms with van der Waals surface area (Å²) in [6, 6.07) is 4.11. The van der Waals surface area contributed by atoms with Crippen LogP contribution in [0.2, 0.25) is 0 Å². The van der Waals surface area contributed by atoms with E-state index >= 15 is 0 Å². The van der Waals surface area contributed by atoms with Crippen molar-refractivity contribution >= 4 is 17.8 Å². The van der Waals surface area contributed by atoms with Gasteiger partial charge in [0.25, 0.3) is 5.91 Å². The fourth-order valence-corrected chi connectivity index (χ4v) is 2.17. The Morgan fingerprint density at radius 1 is 1.40 bits per heavy atom. The molecular weight excluding hydrogens is 262 g/mol. The Morgan fingerprint density at radius 2 is 2.20 bits per heavy atom. The van der Waals surface area contributed by atoms with Crippen LogP contribution in [0, 0.1) is 0 Å². The van der Waals surface area contributed by atoms with Crippen LogP contribution in [0.15, 0.2) is 24.4 Å². The van der Waals surface area contributed by atoms with Gasteiger partial charge in [-0.25, -0.2) is 4.79 Å². The molecule has 0 aliphatic carbocycles. The van der Waals surface area contributed by atoms with Gasteiger partial charge in [0, 0.05) is 12.7 Å². The number of aromatic nitrogens is 1. The Labute approximate surface area is 115 Å². The average molecular weight is 277 g/mol. The summed E-state index contributed by atoms with van der Waals surface area (Å²) in [5, 5.41) is 11.4. The fraction of sp³-hybridized carbons (Fsp3) is 0.385. The number of pyridine rings is 1. The molecule has 1 fully saturated rings. The first-order chi connectivity index (χ1) is 9.59. The van der Waals surface area contributed by atoms with Crippen LogP contribution in [0.25, 0.3) is 0 Å². The molecule has 2 amide bonds. The van der Waals surface area contributed by atoms with Gasteiger partial charge in [0.15, 0.2) is 0 Å². The topological polar surface area (TPSA) is 99.6 Å². The highest BCUT2D eigenvalue weighted by molar-refractivity contribution is 5.95. The van der Waals surface area contributed by atoms with Crippen LogP contribution in [-0.4, -0.2) is 51.9 Å². The third kappa shape index (κ3) is 3.11. The van der Waals surface area contributed by atoms with E-state index in [9.17, 15) is 14.4 Å². The van der Waals surface area contributed by atoms with Gasteiger partial charge in [0.1, 0.15) is 11.7 Å². The highest BCUT2D eigenvalue weighted by Crippen LogP contribution is 2.17. The first kappa shape index (κ1) is 14.0. The molecule has 1 aromatic heterocycles. The molecule has 106 valence electrons. The van der Waals surface area contributed by atoms with Crippen molar-refractivity contribution in [1.29, 1.82) is 0 Å². The largest absolute Gasteiger partial charge is 0.480 e. The number of carboxylic acid groups (broad SMARTS) is 1. The van der Waals surface area contributed by atoms with Gasteiger partial charge >= 0.3 is 5.97 Å². The molecule has 1 aromatic rings. The third-order valence-corrected chi connectivity index (χ3v) is 3.16. The zero-order valence-corrected chi connectivity index (χ0v) is 10.8. The number of amides is 2. The zero-order chi connectivity index (χ0) is 14.5. The van der Waals surface area contributed by atoms with E-state index in [1.165, 1.54) is 17.2 Å². The second-order valence-corrected chi connectivity index (χ2v) is 4.48. The Hall–Kier alpha value is -2.44. The van der Waals surface area contributed by atoms with Gasteiger partial charge in [-0.2, -0.15) is 0 Å². The van der Waals surface area contributed by atoms with E-state index in [0.717, 1.165) is 0 Å². The van der Waals surface area contributed by atoms with Crippen molar-refractivity contribution in [2.24, 2.45) is 0 Å². The lowest BCUT2D eigenvalue weighted by atomic mass is 10.2. The standard InChI is InChI=1S/C13H15N3O4/c17-11(16-7-3-5-10(16)13(19)20)8-15-12(18)9-4-1-2-6-14-9/h1-2,4,6,10H,3,5,7-8H2,(H,15,18)(H,19,20)/t10-/m1/s1. The number of nitrogens with zero attached hydrogens (tertiary/aromatic N) is 2. The minimum Gasteiger partial charge on any atom is -0.480 e. The normalized spacial score (nSPS) is 17.8. The van der Waals surface area contributed by atoms with Crippen molar-refractivity contribution in [1.82, 2.24) is 15.2 Å².